The molecular weight excluding hydrogens is 280 g/mol. The molecule has 0 spiro atoms. The fraction of sp³-hybridized carbons (Fsp3) is 0.647. The Labute approximate surface area is 133 Å². The van der Waals surface area contributed by atoms with E-state index < -0.39 is 4.92 Å². The van der Waals surface area contributed by atoms with Crippen molar-refractivity contribution in [3.8, 4) is 0 Å². The van der Waals surface area contributed by atoms with Gasteiger partial charge in [-0.3, -0.25) is 10.1 Å². The lowest BCUT2D eigenvalue weighted by atomic mass is 9.96. The molecule has 124 valence electrons. The highest BCUT2D eigenvalue weighted by Crippen LogP contribution is 2.17. The summed E-state index contributed by atoms with van der Waals surface area (Å²) in [6, 6.07) is 6.44. The van der Waals surface area contributed by atoms with Gasteiger partial charge < -0.3 is 10.1 Å². The van der Waals surface area contributed by atoms with Crippen LogP contribution in [-0.4, -0.2) is 24.7 Å². The van der Waals surface area contributed by atoms with E-state index in [1.54, 1.807) is 12.1 Å². The van der Waals surface area contributed by atoms with Crippen molar-refractivity contribution in [3.05, 3.63) is 34.4 Å². The van der Waals surface area contributed by atoms with Crippen molar-refractivity contribution in [2.75, 3.05) is 25.1 Å². The number of nitrogens with zero attached hydrogens (tertiary/aromatic N) is 1. The topological polar surface area (TPSA) is 64.4 Å². The number of hydrogen-bond donors (Lipinski definition) is 1. The third-order valence-corrected chi connectivity index (χ3v) is 3.87. The van der Waals surface area contributed by atoms with Crippen LogP contribution in [0.3, 0.4) is 0 Å². The number of benzene rings is 1. The molecule has 0 heterocycles. The Hall–Kier alpha value is -1.62. The number of rotatable bonds is 12. The van der Waals surface area contributed by atoms with Gasteiger partial charge in [-0.25, -0.2) is 0 Å². The first-order valence-electron chi connectivity index (χ1n) is 8.23. The summed E-state index contributed by atoms with van der Waals surface area (Å²) in [5.41, 5.74) is 0.989. The van der Waals surface area contributed by atoms with Gasteiger partial charge in [0, 0.05) is 31.0 Å². The number of hydrogen-bond acceptors (Lipinski definition) is 4. The molecule has 0 saturated heterocycles. The van der Waals surface area contributed by atoms with Crippen LogP contribution in [0.4, 0.5) is 11.4 Å². The highest BCUT2D eigenvalue weighted by molar-refractivity contribution is 5.48. The van der Waals surface area contributed by atoms with E-state index in [1.165, 1.54) is 37.8 Å². The molecule has 0 fully saturated rings. The van der Waals surface area contributed by atoms with Crippen molar-refractivity contribution >= 4 is 11.4 Å². The van der Waals surface area contributed by atoms with Gasteiger partial charge in [-0.15, -0.1) is 0 Å². The normalized spacial score (nSPS) is 12.1. The predicted molar refractivity (Wildman–Crippen MR) is 90.3 cm³/mol. The van der Waals surface area contributed by atoms with Crippen molar-refractivity contribution < 1.29 is 9.66 Å². The SMILES string of the molecule is CCCCC(CC)CCOCCNc1ccc([N+](=O)[O-])cc1. The number of ether oxygens (including phenoxy) is 1. The molecule has 1 rings (SSSR count). The molecule has 1 aromatic carbocycles. The maximum Gasteiger partial charge on any atom is 0.269 e. The summed E-state index contributed by atoms with van der Waals surface area (Å²) in [5, 5.41) is 13.8. The molecule has 0 aliphatic rings. The molecule has 0 aliphatic heterocycles. The summed E-state index contributed by atoms with van der Waals surface area (Å²) in [6.07, 6.45) is 6.23. The zero-order chi connectivity index (χ0) is 16.2. The second-order valence-electron chi connectivity index (χ2n) is 5.55. The first kappa shape index (κ1) is 18.4. The molecule has 5 heteroatoms. The Morgan fingerprint density at radius 2 is 1.91 bits per heavy atom. The van der Waals surface area contributed by atoms with Gasteiger partial charge in [-0.1, -0.05) is 39.5 Å². The molecule has 0 saturated carbocycles. The Morgan fingerprint density at radius 1 is 1.18 bits per heavy atom. The summed E-state index contributed by atoms with van der Waals surface area (Å²) < 4.78 is 5.66. The average molecular weight is 308 g/mol. The smallest absolute Gasteiger partial charge is 0.269 e. The van der Waals surface area contributed by atoms with Crippen LogP contribution in [0.2, 0.25) is 0 Å². The van der Waals surface area contributed by atoms with E-state index in [2.05, 4.69) is 19.2 Å². The van der Waals surface area contributed by atoms with Gasteiger partial charge in [0.2, 0.25) is 0 Å². The van der Waals surface area contributed by atoms with E-state index in [0.717, 1.165) is 24.6 Å². The van der Waals surface area contributed by atoms with Crippen LogP contribution in [0, 0.1) is 16.0 Å². The molecule has 22 heavy (non-hydrogen) atoms. The van der Waals surface area contributed by atoms with Gasteiger partial charge in [0.05, 0.1) is 11.5 Å². The maximum absolute atomic E-state index is 10.6. The Morgan fingerprint density at radius 3 is 2.50 bits per heavy atom. The van der Waals surface area contributed by atoms with Crippen molar-refractivity contribution in [3.63, 3.8) is 0 Å². The van der Waals surface area contributed by atoms with Crippen molar-refractivity contribution in [1.29, 1.82) is 0 Å². The number of nitro groups is 1. The third kappa shape index (κ3) is 7.41. The predicted octanol–water partition coefficient (Wildman–Crippen LogP) is 4.63. The van der Waals surface area contributed by atoms with Crippen LogP contribution < -0.4 is 5.32 Å². The molecule has 5 nitrogen and oxygen atoms in total. The van der Waals surface area contributed by atoms with Gasteiger partial charge in [0.1, 0.15) is 0 Å². The summed E-state index contributed by atoms with van der Waals surface area (Å²) >= 11 is 0. The average Bonchev–Trinajstić information content (AvgIpc) is 2.54. The molecular formula is C17H28N2O3. The summed E-state index contributed by atoms with van der Waals surface area (Å²) in [4.78, 5) is 10.2. The van der Waals surface area contributed by atoms with E-state index in [0.29, 0.717) is 13.2 Å². The minimum atomic E-state index is -0.393. The molecule has 1 atom stereocenters. The van der Waals surface area contributed by atoms with Gasteiger partial charge in [-0.2, -0.15) is 0 Å². The molecule has 0 amide bonds. The van der Waals surface area contributed by atoms with Crippen LogP contribution in [-0.2, 0) is 4.74 Å². The minimum Gasteiger partial charge on any atom is -0.383 e. The van der Waals surface area contributed by atoms with Crippen LogP contribution in [0.25, 0.3) is 0 Å². The van der Waals surface area contributed by atoms with Crippen LogP contribution >= 0.6 is 0 Å². The number of unbranched alkanes of at least 4 members (excludes halogenated alkanes) is 1. The molecule has 0 aliphatic carbocycles. The fourth-order valence-corrected chi connectivity index (χ4v) is 2.37. The van der Waals surface area contributed by atoms with Crippen LogP contribution in [0.1, 0.15) is 46.0 Å². The van der Waals surface area contributed by atoms with E-state index in [-0.39, 0.29) is 5.69 Å². The largest absolute Gasteiger partial charge is 0.383 e. The van der Waals surface area contributed by atoms with E-state index >= 15 is 0 Å². The fourth-order valence-electron chi connectivity index (χ4n) is 2.37. The number of nitro benzene ring substituents is 1. The van der Waals surface area contributed by atoms with Gasteiger partial charge in [0.25, 0.3) is 5.69 Å². The van der Waals surface area contributed by atoms with Crippen molar-refractivity contribution in [2.24, 2.45) is 5.92 Å². The Kier molecular flexibility index (Phi) is 9.23. The minimum absolute atomic E-state index is 0.111. The van der Waals surface area contributed by atoms with E-state index in [1.807, 2.05) is 0 Å². The highest BCUT2D eigenvalue weighted by atomic mass is 16.6. The van der Waals surface area contributed by atoms with Crippen LogP contribution in [0.15, 0.2) is 24.3 Å². The lowest BCUT2D eigenvalue weighted by Crippen LogP contribution is -2.12. The first-order chi connectivity index (χ1) is 10.7. The number of anilines is 1. The first-order valence-corrected chi connectivity index (χ1v) is 8.23. The second kappa shape index (κ2) is 11.0. The lowest BCUT2D eigenvalue weighted by molar-refractivity contribution is -0.384. The zero-order valence-corrected chi connectivity index (χ0v) is 13.7. The maximum atomic E-state index is 10.6. The lowest BCUT2D eigenvalue weighted by Gasteiger charge is -2.14. The molecule has 0 aromatic heterocycles. The van der Waals surface area contributed by atoms with E-state index in [4.69, 9.17) is 4.74 Å². The molecule has 0 radical (unpaired) electrons. The summed E-state index contributed by atoms with van der Waals surface area (Å²) in [7, 11) is 0. The van der Waals surface area contributed by atoms with Gasteiger partial charge in [-0.05, 0) is 24.5 Å². The Balaban J connectivity index is 2.11. The number of nitrogens with one attached hydrogen (secondary N) is 1. The summed E-state index contributed by atoms with van der Waals surface area (Å²) in [5.74, 6) is 0.780. The monoisotopic (exact) mass is 308 g/mol. The second-order valence-corrected chi connectivity index (χ2v) is 5.55. The van der Waals surface area contributed by atoms with E-state index in [9.17, 15) is 10.1 Å². The molecule has 1 aromatic rings. The van der Waals surface area contributed by atoms with Crippen molar-refractivity contribution in [1.82, 2.24) is 0 Å². The summed E-state index contributed by atoms with van der Waals surface area (Å²) in [6.45, 7) is 6.65. The van der Waals surface area contributed by atoms with Gasteiger partial charge >= 0.3 is 0 Å². The van der Waals surface area contributed by atoms with Gasteiger partial charge in [0.15, 0.2) is 0 Å². The number of non-ortho nitro benzene ring substituents is 1. The third-order valence-electron chi connectivity index (χ3n) is 3.87. The van der Waals surface area contributed by atoms with Crippen LogP contribution in [0.5, 0.6) is 0 Å². The standard InChI is InChI=1S/C17H28N2O3/c1-3-5-6-15(4-2)11-13-22-14-12-18-16-7-9-17(10-8-16)19(20)21/h7-10,15,18H,3-6,11-14H2,1-2H3. The Bertz CT molecular complexity index is 420. The van der Waals surface area contributed by atoms with Crippen molar-refractivity contribution in [2.45, 2.75) is 46.0 Å². The molecule has 1 N–H and O–H groups in total. The molecule has 1 unspecified atom stereocenters. The highest BCUT2D eigenvalue weighted by Gasteiger charge is 2.05. The molecule has 0 bridgehead atoms. The zero-order valence-electron chi connectivity index (χ0n) is 13.7. The quantitative estimate of drug-likeness (QED) is 0.347.